The van der Waals surface area contributed by atoms with Crippen LogP contribution in [0.1, 0.15) is 63.1 Å². The second-order valence-electron chi connectivity index (χ2n) is 10.5. The standard InChI is InChI=1S/C32H40FN3O4S/c1-6-7-20-34-32(38)25(5)35(21-27-10-8-9-11-30(27)33)31(37)22-36(28-16-14-26(15-17-28)23(2)3)41(39,40)29-18-12-24(4)13-19-29/h8-19,23,25H,6-7,20-22H2,1-5H3,(H,34,38). The van der Waals surface area contributed by atoms with Gasteiger partial charge in [0.05, 0.1) is 10.6 Å². The van der Waals surface area contributed by atoms with E-state index in [0.29, 0.717) is 12.2 Å². The third kappa shape index (κ3) is 8.16. The Labute approximate surface area is 243 Å². The van der Waals surface area contributed by atoms with Crippen molar-refractivity contribution in [2.75, 3.05) is 17.4 Å². The molecule has 9 heteroatoms. The Morgan fingerprint density at radius 1 is 0.927 bits per heavy atom. The summed E-state index contributed by atoms with van der Waals surface area (Å²) in [6, 6.07) is 18.5. The molecule has 220 valence electrons. The van der Waals surface area contributed by atoms with Gasteiger partial charge in [0.15, 0.2) is 0 Å². The van der Waals surface area contributed by atoms with Crippen LogP contribution < -0.4 is 9.62 Å². The molecule has 0 bridgehead atoms. The van der Waals surface area contributed by atoms with Crippen LogP contribution in [0.5, 0.6) is 0 Å². The van der Waals surface area contributed by atoms with Gasteiger partial charge in [-0.25, -0.2) is 12.8 Å². The Kier molecular flexibility index (Phi) is 11.1. The van der Waals surface area contributed by atoms with Crippen LogP contribution in [0.2, 0.25) is 0 Å². The monoisotopic (exact) mass is 581 g/mol. The van der Waals surface area contributed by atoms with Crippen LogP contribution in [0.25, 0.3) is 0 Å². The van der Waals surface area contributed by atoms with Crippen LogP contribution in [0, 0.1) is 12.7 Å². The van der Waals surface area contributed by atoms with Crippen LogP contribution >= 0.6 is 0 Å². The number of nitrogens with one attached hydrogen (secondary N) is 1. The number of halogens is 1. The summed E-state index contributed by atoms with van der Waals surface area (Å²) in [6.45, 7) is 9.17. The number of aryl methyl sites for hydroxylation is 1. The van der Waals surface area contributed by atoms with Crippen LogP contribution in [-0.2, 0) is 26.2 Å². The zero-order chi connectivity index (χ0) is 30.2. The highest BCUT2D eigenvalue weighted by Gasteiger charge is 2.32. The largest absolute Gasteiger partial charge is 0.354 e. The molecule has 2 amide bonds. The molecular formula is C32H40FN3O4S. The Hall–Kier alpha value is -3.72. The number of hydrogen-bond donors (Lipinski definition) is 1. The number of amides is 2. The Morgan fingerprint density at radius 2 is 1.56 bits per heavy atom. The molecule has 1 atom stereocenters. The summed E-state index contributed by atoms with van der Waals surface area (Å²) >= 11 is 0. The highest BCUT2D eigenvalue weighted by Crippen LogP contribution is 2.27. The summed E-state index contributed by atoms with van der Waals surface area (Å²) in [4.78, 5) is 28.2. The molecule has 0 aliphatic heterocycles. The molecular weight excluding hydrogens is 541 g/mol. The van der Waals surface area contributed by atoms with Gasteiger partial charge >= 0.3 is 0 Å². The molecule has 0 heterocycles. The number of carbonyl (C=O) groups is 2. The molecule has 7 nitrogen and oxygen atoms in total. The minimum Gasteiger partial charge on any atom is -0.354 e. The highest BCUT2D eigenvalue weighted by molar-refractivity contribution is 7.92. The van der Waals surface area contributed by atoms with Gasteiger partial charge in [-0.1, -0.05) is 75.2 Å². The number of benzene rings is 3. The molecule has 0 aromatic heterocycles. The van der Waals surface area contributed by atoms with Gasteiger partial charge < -0.3 is 10.2 Å². The lowest BCUT2D eigenvalue weighted by Gasteiger charge is -2.32. The van der Waals surface area contributed by atoms with Crippen molar-refractivity contribution < 1.29 is 22.4 Å². The fourth-order valence-corrected chi connectivity index (χ4v) is 5.73. The van der Waals surface area contributed by atoms with Crippen molar-refractivity contribution in [3.8, 4) is 0 Å². The fourth-order valence-electron chi connectivity index (χ4n) is 4.32. The first-order chi connectivity index (χ1) is 19.4. The molecule has 0 aliphatic rings. The first-order valence-corrected chi connectivity index (χ1v) is 15.4. The van der Waals surface area contributed by atoms with Gasteiger partial charge in [-0.15, -0.1) is 0 Å². The smallest absolute Gasteiger partial charge is 0.264 e. The summed E-state index contributed by atoms with van der Waals surface area (Å²) in [5, 5.41) is 2.82. The molecule has 3 rings (SSSR count). The number of carbonyl (C=O) groups excluding carboxylic acids is 2. The molecule has 0 fully saturated rings. The van der Waals surface area contributed by atoms with Crippen LogP contribution in [0.15, 0.2) is 77.7 Å². The Morgan fingerprint density at radius 3 is 2.15 bits per heavy atom. The lowest BCUT2D eigenvalue weighted by atomic mass is 10.0. The van der Waals surface area contributed by atoms with Crippen molar-refractivity contribution >= 4 is 27.5 Å². The maximum Gasteiger partial charge on any atom is 0.264 e. The fraction of sp³-hybridized carbons (Fsp3) is 0.375. The van der Waals surface area contributed by atoms with Gasteiger partial charge in [0.2, 0.25) is 11.8 Å². The van der Waals surface area contributed by atoms with E-state index in [1.807, 2.05) is 39.8 Å². The zero-order valence-corrected chi connectivity index (χ0v) is 25.2. The maximum absolute atomic E-state index is 14.7. The number of rotatable bonds is 13. The maximum atomic E-state index is 14.7. The van der Waals surface area contributed by atoms with Crippen molar-refractivity contribution in [2.45, 2.75) is 70.9 Å². The van der Waals surface area contributed by atoms with Crippen molar-refractivity contribution in [1.29, 1.82) is 0 Å². The normalized spacial score (nSPS) is 12.2. The van der Waals surface area contributed by atoms with Gasteiger partial charge in [-0.2, -0.15) is 0 Å². The van der Waals surface area contributed by atoms with Crippen molar-refractivity contribution in [1.82, 2.24) is 10.2 Å². The van der Waals surface area contributed by atoms with E-state index in [1.165, 1.54) is 23.1 Å². The first kappa shape index (κ1) is 31.8. The third-order valence-electron chi connectivity index (χ3n) is 7.03. The van der Waals surface area contributed by atoms with E-state index in [0.717, 1.165) is 28.3 Å². The second-order valence-corrected chi connectivity index (χ2v) is 12.4. The minimum absolute atomic E-state index is 0.0369. The average molecular weight is 582 g/mol. The van der Waals surface area contributed by atoms with Crippen LogP contribution in [-0.4, -0.2) is 44.3 Å². The van der Waals surface area contributed by atoms with E-state index >= 15 is 0 Å². The highest BCUT2D eigenvalue weighted by atomic mass is 32.2. The lowest BCUT2D eigenvalue weighted by Crippen LogP contribution is -2.51. The van der Waals surface area contributed by atoms with Gasteiger partial charge in [0, 0.05) is 18.7 Å². The van der Waals surface area contributed by atoms with Crippen molar-refractivity contribution in [3.63, 3.8) is 0 Å². The second kappa shape index (κ2) is 14.3. The predicted molar refractivity (Wildman–Crippen MR) is 161 cm³/mol. The third-order valence-corrected chi connectivity index (χ3v) is 8.82. The minimum atomic E-state index is -4.17. The molecule has 3 aromatic carbocycles. The van der Waals surface area contributed by atoms with Gasteiger partial charge in [0.1, 0.15) is 18.4 Å². The molecule has 1 unspecified atom stereocenters. The summed E-state index contributed by atoms with van der Waals surface area (Å²) in [5.74, 6) is -1.30. The predicted octanol–water partition coefficient (Wildman–Crippen LogP) is 5.79. The summed E-state index contributed by atoms with van der Waals surface area (Å²) in [7, 11) is -4.17. The molecule has 0 spiro atoms. The number of anilines is 1. The number of unbranched alkanes of at least 4 members (excludes halogenated alkanes) is 1. The van der Waals surface area contributed by atoms with E-state index in [9.17, 15) is 22.4 Å². The van der Waals surface area contributed by atoms with E-state index in [-0.39, 0.29) is 22.9 Å². The van der Waals surface area contributed by atoms with Gasteiger partial charge in [-0.3, -0.25) is 13.9 Å². The summed E-state index contributed by atoms with van der Waals surface area (Å²) < 4.78 is 43.6. The summed E-state index contributed by atoms with van der Waals surface area (Å²) in [6.07, 6.45) is 1.66. The molecule has 0 saturated carbocycles. The summed E-state index contributed by atoms with van der Waals surface area (Å²) in [5.41, 5.74) is 2.45. The van der Waals surface area contributed by atoms with Crippen molar-refractivity contribution in [2.24, 2.45) is 0 Å². The number of sulfonamides is 1. The molecule has 1 N–H and O–H groups in total. The molecule has 0 saturated heterocycles. The van der Waals surface area contributed by atoms with Crippen molar-refractivity contribution in [3.05, 3.63) is 95.3 Å². The molecule has 0 radical (unpaired) electrons. The molecule has 41 heavy (non-hydrogen) atoms. The topological polar surface area (TPSA) is 86.8 Å². The van der Waals surface area contributed by atoms with Crippen LogP contribution in [0.4, 0.5) is 10.1 Å². The average Bonchev–Trinajstić information content (AvgIpc) is 2.95. The number of nitrogens with zero attached hydrogens (tertiary/aromatic N) is 2. The van der Waals surface area contributed by atoms with Gasteiger partial charge in [0.25, 0.3) is 10.0 Å². The molecule has 0 aliphatic carbocycles. The molecule has 3 aromatic rings. The van der Waals surface area contributed by atoms with Gasteiger partial charge in [-0.05, 0) is 62.1 Å². The van der Waals surface area contributed by atoms with E-state index < -0.39 is 40.2 Å². The Balaban J connectivity index is 2.03. The zero-order valence-electron chi connectivity index (χ0n) is 24.4. The first-order valence-electron chi connectivity index (χ1n) is 14.0. The SMILES string of the molecule is CCCCNC(=O)C(C)N(Cc1ccccc1F)C(=O)CN(c1ccc(C(C)C)cc1)S(=O)(=O)c1ccc(C)cc1. The van der Waals surface area contributed by atoms with E-state index in [4.69, 9.17) is 0 Å². The van der Waals surface area contributed by atoms with Crippen LogP contribution in [0.3, 0.4) is 0 Å². The quantitative estimate of drug-likeness (QED) is 0.259. The lowest BCUT2D eigenvalue weighted by molar-refractivity contribution is -0.139. The van der Waals surface area contributed by atoms with E-state index in [2.05, 4.69) is 5.32 Å². The van der Waals surface area contributed by atoms with E-state index in [1.54, 1.807) is 49.4 Å². The number of hydrogen-bond acceptors (Lipinski definition) is 4. The Bertz CT molecular complexity index is 1420.